The highest BCUT2D eigenvalue weighted by Crippen LogP contribution is 2.52. The van der Waals surface area contributed by atoms with Crippen LogP contribution >= 0.6 is 0 Å². The monoisotopic (exact) mass is 311 g/mol. The fourth-order valence-corrected chi connectivity index (χ4v) is 3.23. The van der Waals surface area contributed by atoms with Gasteiger partial charge in [0.25, 0.3) is 0 Å². The SMILES string of the molecule is C/C=C(\C)[C@H]1Oc2c(-c3ccccc3)cnc(O)c2[C@]1(C)CO. The Balaban J connectivity index is 2.24. The van der Waals surface area contributed by atoms with Gasteiger partial charge in [0, 0.05) is 11.8 Å². The molecule has 0 bridgehead atoms. The second-order valence-electron chi connectivity index (χ2n) is 6.17. The summed E-state index contributed by atoms with van der Waals surface area (Å²) in [4.78, 5) is 4.14. The number of fused-ring (bicyclic) bond motifs is 1. The molecule has 2 N–H and O–H groups in total. The molecule has 1 aromatic carbocycles. The van der Waals surface area contributed by atoms with E-state index in [-0.39, 0.29) is 18.6 Å². The molecule has 0 aliphatic carbocycles. The molecule has 0 spiro atoms. The van der Waals surface area contributed by atoms with Crippen LogP contribution in [0, 0.1) is 0 Å². The summed E-state index contributed by atoms with van der Waals surface area (Å²) in [5.41, 5.74) is 2.65. The molecule has 0 unspecified atom stereocenters. The van der Waals surface area contributed by atoms with Crippen LogP contribution in [0.3, 0.4) is 0 Å². The first-order valence-corrected chi connectivity index (χ1v) is 7.71. The van der Waals surface area contributed by atoms with Crippen molar-refractivity contribution in [2.75, 3.05) is 6.61 Å². The first kappa shape index (κ1) is 15.6. The zero-order valence-electron chi connectivity index (χ0n) is 13.6. The van der Waals surface area contributed by atoms with Crippen molar-refractivity contribution in [3.63, 3.8) is 0 Å². The summed E-state index contributed by atoms with van der Waals surface area (Å²) in [5.74, 6) is 0.522. The number of aliphatic hydroxyl groups excluding tert-OH is 1. The van der Waals surface area contributed by atoms with E-state index >= 15 is 0 Å². The van der Waals surface area contributed by atoms with Crippen LogP contribution in [0.15, 0.2) is 48.2 Å². The van der Waals surface area contributed by atoms with E-state index in [0.29, 0.717) is 11.3 Å². The Morgan fingerprint density at radius 1 is 1.35 bits per heavy atom. The number of ether oxygens (including phenoxy) is 1. The summed E-state index contributed by atoms with van der Waals surface area (Å²) < 4.78 is 6.20. The van der Waals surface area contributed by atoms with E-state index in [4.69, 9.17) is 4.74 Å². The maximum Gasteiger partial charge on any atom is 0.218 e. The molecular formula is C19H21NO3. The van der Waals surface area contributed by atoms with Gasteiger partial charge in [-0.25, -0.2) is 4.98 Å². The smallest absolute Gasteiger partial charge is 0.218 e. The van der Waals surface area contributed by atoms with Crippen LogP contribution in [0.4, 0.5) is 0 Å². The van der Waals surface area contributed by atoms with Gasteiger partial charge in [-0.05, 0) is 31.9 Å². The fourth-order valence-electron chi connectivity index (χ4n) is 3.23. The van der Waals surface area contributed by atoms with Crippen LogP contribution in [0.25, 0.3) is 11.1 Å². The number of aromatic hydroxyl groups is 1. The number of hydrogen-bond donors (Lipinski definition) is 2. The van der Waals surface area contributed by atoms with Gasteiger partial charge in [0.2, 0.25) is 5.88 Å². The second kappa shape index (κ2) is 5.70. The summed E-state index contributed by atoms with van der Waals surface area (Å²) in [5, 5.41) is 20.3. The number of aliphatic hydroxyl groups is 1. The molecule has 3 rings (SSSR count). The Morgan fingerprint density at radius 2 is 2.04 bits per heavy atom. The van der Waals surface area contributed by atoms with Gasteiger partial charge in [-0.1, -0.05) is 36.4 Å². The summed E-state index contributed by atoms with van der Waals surface area (Å²) >= 11 is 0. The van der Waals surface area contributed by atoms with Crippen molar-refractivity contribution in [2.45, 2.75) is 32.3 Å². The normalized spacial score (nSPS) is 23.5. The predicted molar refractivity (Wildman–Crippen MR) is 89.6 cm³/mol. The maximum atomic E-state index is 10.3. The van der Waals surface area contributed by atoms with Crippen LogP contribution in [0.5, 0.6) is 11.6 Å². The quantitative estimate of drug-likeness (QED) is 0.853. The van der Waals surface area contributed by atoms with Crippen molar-refractivity contribution in [2.24, 2.45) is 0 Å². The lowest BCUT2D eigenvalue weighted by Crippen LogP contribution is -2.39. The highest BCUT2D eigenvalue weighted by atomic mass is 16.5. The van der Waals surface area contributed by atoms with Gasteiger partial charge in [0.05, 0.1) is 17.6 Å². The molecule has 1 aliphatic heterocycles. The number of rotatable bonds is 3. The number of benzene rings is 1. The highest BCUT2D eigenvalue weighted by molar-refractivity contribution is 5.75. The molecule has 23 heavy (non-hydrogen) atoms. The lowest BCUT2D eigenvalue weighted by Gasteiger charge is -2.28. The number of aromatic nitrogens is 1. The molecule has 2 atom stereocenters. The van der Waals surface area contributed by atoms with Gasteiger partial charge in [-0.2, -0.15) is 0 Å². The Labute approximate surface area is 136 Å². The summed E-state index contributed by atoms with van der Waals surface area (Å²) in [7, 11) is 0. The van der Waals surface area contributed by atoms with E-state index in [1.54, 1.807) is 6.20 Å². The van der Waals surface area contributed by atoms with E-state index in [9.17, 15) is 10.2 Å². The van der Waals surface area contributed by atoms with Gasteiger partial charge < -0.3 is 14.9 Å². The van der Waals surface area contributed by atoms with E-state index in [2.05, 4.69) is 4.98 Å². The van der Waals surface area contributed by atoms with Gasteiger partial charge in [-0.3, -0.25) is 0 Å². The summed E-state index contributed by atoms with van der Waals surface area (Å²) in [6.07, 6.45) is 3.26. The average Bonchev–Trinajstić information content (AvgIpc) is 2.90. The Bertz CT molecular complexity index is 755. The molecule has 2 aromatic rings. The predicted octanol–water partition coefficient (Wildman–Crippen LogP) is 3.43. The molecule has 0 radical (unpaired) electrons. The zero-order valence-corrected chi connectivity index (χ0v) is 13.6. The van der Waals surface area contributed by atoms with Crippen molar-refractivity contribution >= 4 is 0 Å². The van der Waals surface area contributed by atoms with Crippen LogP contribution in [-0.2, 0) is 5.41 Å². The molecule has 0 fully saturated rings. The van der Waals surface area contributed by atoms with Crippen LogP contribution in [0.2, 0.25) is 0 Å². The molecule has 0 amide bonds. The third-order valence-corrected chi connectivity index (χ3v) is 4.68. The summed E-state index contributed by atoms with van der Waals surface area (Å²) in [6, 6.07) is 9.80. The largest absolute Gasteiger partial charge is 0.493 e. The van der Waals surface area contributed by atoms with Crippen molar-refractivity contribution < 1.29 is 14.9 Å². The topological polar surface area (TPSA) is 62.6 Å². The van der Waals surface area contributed by atoms with Gasteiger partial charge in [0.15, 0.2) is 0 Å². The third-order valence-electron chi connectivity index (χ3n) is 4.68. The fraction of sp³-hybridized carbons (Fsp3) is 0.316. The lowest BCUT2D eigenvalue weighted by atomic mass is 9.77. The maximum absolute atomic E-state index is 10.3. The molecule has 2 heterocycles. The van der Waals surface area contributed by atoms with Crippen LogP contribution < -0.4 is 4.74 Å². The number of allylic oxidation sites excluding steroid dienone is 1. The minimum Gasteiger partial charge on any atom is -0.493 e. The Hall–Kier alpha value is -2.33. The van der Waals surface area contributed by atoms with Crippen molar-refractivity contribution in [3.8, 4) is 22.8 Å². The zero-order chi connectivity index (χ0) is 16.6. The average molecular weight is 311 g/mol. The minimum atomic E-state index is -0.728. The lowest BCUT2D eigenvalue weighted by molar-refractivity contribution is 0.122. The minimum absolute atomic E-state index is 0.0809. The molecule has 4 heteroatoms. The second-order valence-corrected chi connectivity index (χ2v) is 6.17. The Morgan fingerprint density at radius 3 is 2.65 bits per heavy atom. The molecule has 1 aromatic heterocycles. The molecule has 0 saturated carbocycles. The van der Waals surface area contributed by atoms with Crippen LogP contribution in [-0.4, -0.2) is 27.9 Å². The van der Waals surface area contributed by atoms with E-state index < -0.39 is 5.41 Å². The molecule has 4 nitrogen and oxygen atoms in total. The van der Waals surface area contributed by atoms with Crippen molar-refractivity contribution in [3.05, 3.63) is 53.7 Å². The molecule has 1 aliphatic rings. The van der Waals surface area contributed by atoms with E-state index in [1.165, 1.54) is 0 Å². The highest BCUT2D eigenvalue weighted by Gasteiger charge is 2.49. The first-order chi connectivity index (χ1) is 11.0. The molecular weight excluding hydrogens is 290 g/mol. The standard InChI is InChI=1S/C19H21NO3/c1-4-12(2)17-19(3,11-21)15-16(23-17)14(10-20-18(15)22)13-8-6-5-7-9-13/h4-10,17,21H,11H2,1-3H3,(H,20,22)/b12-4+/t17-,19+/m1/s1. The number of pyridine rings is 1. The van der Waals surface area contributed by atoms with Crippen LogP contribution in [0.1, 0.15) is 26.3 Å². The first-order valence-electron chi connectivity index (χ1n) is 7.71. The number of nitrogens with zero attached hydrogens (tertiary/aromatic N) is 1. The van der Waals surface area contributed by atoms with Crippen molar-refractivity contribution in [1.82, 2.24) is 4.98 Å². The van der Waals surface area contributed by atoms with Crippen molar-refractivity contribution in [1.29, 1.82) is 0 Å². The third kappa shape index (κ3) is 2.30. The van der Waals surface area contributed by atoms with Gasteiger partial charge in [0.1, 0.15) is 11.9 Å². The van der Waals surface area contributed by atoms with Gasteiger partial charge >= 0.3 is 0 Å². The summed E-state index contributed by atoms with van der Waals surface area (Å²) in [6.45, 7) is 5.67. The van der Waals surface area contributed by atoms with E-state index in [0.717, 1.165) is 16.7 Å². The van der Waals surface area contributed by atoms with E-state index in [1.807, 2.05) is 57.2 Å². The van der Waals surface area contributed by atoms with Gasteiger partial charge in [-0.15, -0.1) is 0 Å². The molecule has 120 valence electrons. The Kier molecular flexibility index (Phi) is 3.86. The molecule has 0 saturated heterocycles. The number of hydrogen-bond acceptors (Lipinski definition) is 4.